The molecule has 1 fully saturated rings. The number of carbonyl (C=O) groups excluding carboxylic acids is 1. The van der Waals surface area contributed by atoms with Gasteiger partial charge in [0.25, 0.3) is 0 Å². The number of hydrogen-bond donors (Lipinski definition) is 2. The topological polar surface area (TPSA) is 89.3 Å². The maximum absolute atomic E-state index is 11.8. The van der Waals surface area contributed by atoms with Crippen LogP contribution in [0.1, 0.15) is 33.1 Å². The molecule has 1 rings (SSSR count). The minimum atomic E-state index is -3.00. The van der Waals surface area contributed by atoms with Gasteiger partial charge in [-0.2, -0.15) is 0 Å². The van der Waals surface area contributed by atoms with E-state index in [2.05, 4.69) is 19.2 Å². The highest BCUT2D eigenvalue weighted by molar-refractivity contribution is 7.91. The van der Waals surface area contributed by atoms with Crippen LogP contribution < -0.4 is 11.1 Å². The molecule has 0 saturated carbocycles. The Kier molecular flexibility index (Phi) is 5.59. The molecular weight excluding hydrogens is 252 g/mol. The van der Waals surface area contributed by atoms with E-state index in [9.17, 15) is 13.2 Å². The lowest BCUT2D eigenvalue weighted by Gasteiger charge is -2.22. The molecule has 0 aromatic carbocycles. The van der Waals surface area contributed by atoms with Crippen molar-refractivity contribution in [2.75, 3.05) is 18.1 Å². The molecule has 1 aliphatic rings. The van der Waals surface area contributed by atoms with Gasteiger partial charge in [-0.3, -0.25) is 4.79 Å². The number of nitrogens with two attached hydrogens (primary N) is 1. The summed E-state index contributed by atoms with van der Waals surface area (Å²) in [5.41, 5.74) is 6.01. The fourth-order valence-electron chi connectivity index (χ4n) is 2.43. The van der Waals surface area contributed by atoms with Crippen LogP contribution >= 0.6 is 0 Å². The van der Waals surface area contributed by atoms with Crippen LogP contribution in [-0.4, -0.2) is 38.4 Å². The number of rotatable bonds is 6. The number of carbonyl (C=O) groups is 1. The lowest BCUT2D eigenvalue weighted by atomic mass is 9.95. The summed E-state index contributed by atoms with van der Waals surface area (Å²) in [7, 11) is -3.00. The third-order valence-electron chi connectivity index (χ3n) is 3.77. The standard InChI is InChI=1S/C12H24N2O3S/c1-3-9(4-2)11(13)7-14-12(15)10-5-6-18(16,17)8-10/h9-11H,3-8,13H2,1-2H3,(H,14,15). The largest absolute Gasteiger partial charge is 0.354 e. The van der Waals surface area contributed by atoms with E-state index in [1.807, 2.05) is 0 Å². The molecule has 1 aliphatic heterocycles. The lowest BCUT2D eigenvalue weighted by Crippen LogP contribution is -2.43. The second kappa shape index (κ2) is 6.52. The molecule has 0 radical (unpaired) electrons. The van der Waals surface area contributed by atoms with E-state index in [1.165, 1.54) is 0 Å². The first-order chi connectivity index (χ1) is 8.39. The number of sulfone groups is 1. The van der Waals surface area contributed by atoms with E-state index in [1.54, 1.807) is 0 Å². The molecule has 2 unspecified atom stereocenters. The van der Waals surface area contributed by atoms with Gasteiger partial charge in [0.15, 0.2) is 9.84 Å². The molecule has 6 heteroatoms. The van der Waals surface area contributed by atoms with Crippen LogP contribution in [-0.2, 0) is 14.6 Å². The Morgan fingerprint density at radius 1 is 1.39 bits per heavy atom. The van der Waals surface area contributed by atoms with Gasteiger partial charge in [-0.05, 0) is 12.3 Å². The number of nitrogens with one attached hydrogen (secondary N) is 1. The summed E-state index contributed by atoms with van der Waals surface area (Å²) in [6, 6.07) is -0.0537. The monoisotopic (exact) mass is 276 g/mol. The third-order valence-corrected chi connectivity index (χ3v) is 5.54. The highest BCUT2D eigenvalue weighted by Gasteiger charge is 2.33. The van der Waals surface area contributed by atoms with Crippen LogP contribution in [0.25, 0.3) is 0 Å². The van der Waals surface area contributed by atoms with Crippen molar-refractivity contribution in [1.29, 1.82) is 0 Å². The number of hydrogen-bond acceptors (Lipinski definition) is 4. The van der Waals surface area contributed by atoms with Crippen LogP contribution in [0.5, 0.6) is 0 Å². The van der Waals surface area contributed by atoms with Crippen LogP contribution in [0.3, 0.4) is 0 Å². The molecule has 3 N–H and O–H groups in total. The van der Waals surface area contributed by atoms with E-state index >= 15 is 0 Å². The molecule has 0 bridgehead atoms. The summed E-state index contributed by atoms with van der Waals surface area (Å²) in [6.45, 7) is 4.60. The van der Waals surface area contributed by atoms with E-state index in [-0.39, 0.29) is 29.4 Å². The predicted octanol–water partition coefficient (Wildman–Crippen LogP) is 0.301. The molecule has 1 amide bonds. The summed E-state index contributed by atoms with van der Waals surface area (Å²) in [5, 5.41) is 2.78. The first-order valence-electron chi connectivity index (χ1n) is 6.63. The molecule has 1 heterocycles. The SMILES string of the molecule is CCC(CC)C(N)CNC(=O)C1CCS(=O)(=O)C1. The van der Waals surface area contributed by atoms with Crippen molar-refractivity contribution in [3.8, 4) is 0 Å². The molecule has 106 valence electrons. The van der Waals surface area contributed by atoms with E-state index in [4.69, 9.17) is 5.73 Å². The van der Waals surface area contributed by atoms with Gasteiger partial charge >= 0.3 is 0 Å². The van der Waals surface area contributed by atoms with Gasteiger partial charge in [0.2, 0.25) is 5.91 Å². The van der Waals surface area contributed by atoms with Gasteiger partial charge in [-0.25, -0.2) is 8.42 Å². The van der Waals surface area contributed by atoms with E-state index < -0.39 is 9.84 Å². The molecule has 0 aromatic rings. The van der Waals surface area contributed by atoms with Crippen molar-refractivity contribution < 1.29 is 13.2 Å². The quantitative estimate of drug-likeness (QED) is 0.730. The Morgan fingerprint density at radius 3 is 2.44 bits per heavy atom. The Labute approximate surface area is 109 Å². The first kappa shape index (κ1) is 15.4. The number of amides is 1. The maximum Gasteiger partial charge on any atom is 0.224 e. The van der Waals surface area contributed by atoms with Crippen molar-refractivity contribution >= 4 is 15.7 Å². The Hall–Kier alpha value is -0.620. The summed E-state index contributed by atoms with van der Waals surface area (Å²) in [6.07, 6.45) is 2.42. The average molecular weight is 276 g/mol. The summed E-state index contributed by atoms with van der Waals surface area (Å²) >= 11 is 0. The zero-order chi connectivity index (χ0) is 13.8. The fourth-order valence-corrected chi connectivity index (χ4v) is 4.17. The smallest absolute Gasteiger partial charge is 0.224 e. The Morgan fingerprint density at radius 2 is 2.00 bits per heavy atom. The van der Waals surface area contributed by atoms with Crippen LogP contribution in [0.15, 0.2) is 0 Å². The van der Waals surface area contributed by atoms with E-state index in [0.29, 0.717) is 18.9 Å². The molecule has 0 aromatic heterocycles. The normalized spacial score (nSPS) is 24.1. The van der Waals surface area contributed by atoms with Crippen LogP contribution in [0.4, 0.5) is 0 Å². The van der Waals surface area contributed by atoms with Crippen LogP contribution in [0.2, 0.25) is 0 Å². The Balaban J connectivity index is 2.38. The molecule has 0 aliphatic carbocycles. The highest BCUT2D eigenvalue weighted by Crippen LogP contribution is 2.18. The van der Waals surface area contributed by atoms with Gasteiger partial charge in [0, 0.05) is 12.6 Å². The average Bonchev–Trinajstić information content (AvgIpc) is 2.68. The van der Waals surface area contributed by atoms with Crippen LogP contribution in [0, 0.1) is 11.8 Å². The molecular formula is C12H24N2O3S. The Bertz CT molecular complexity index is 377. The van der Waals surface area contributed by atoms with Gasteiger partial charge in [0.05, 0.1) is 17.4 Å². The van der Waals surface area contributed by atoms with Gasteiger partial charge < -0.3 is 11.1 Å². The van der Waals surface area contributed by atoms with Gasteiger partial charge in [0.1, 0.15) is 0 Å². The molecule has 1 saturated heterocycles. The van der Waals surface area contributed by atoms with Crippen molar-refractivity contribution in [2.24, 2.45) is 17.6 Å². The van der Waals surface area contributed by atoms with E-state index in [0.717, 1.165) is 12.8 Å². The van der Waals surface area contributed by atoms with Crippen molar-refractivity contribution in [3.63, 3.8) is 0 Å². The predicted molar refractivity (Wildman–Crippen MR) is 71.8 cm³/mol. The molecule has 2 atom stereocenters. The third kappa shape index (κ3) is 4.24. The summed E-state index contributed by atoms with van der Waals surface area (Å²) < 4.78 is 22.6. The molecule has 5 nitrogen and oxygen atoms in total. The minimum absolute atomic E-state index is 0.0148. The second-order valence-electron chi connectivity index (χ2n) is 5.09. The highest BCUT2D eigenvalue weighted by atomic mass is 32.2. The first-order valence-corrected chi connectivity index (χ1v) is 8.45. The summed E-state index contributed by atoms with van der Waals surface area (Å²) in [4.78, 5) is 11.8. The zero-order valence-corrected chi connectivity index (χ0v) is 12.0. The van der Waals surface area contributed by atoms with Crippen molar-refractivity contribution in [3.05, 3.63) is 0 Å². The molecule has 0 spiro atoms. The van der Waals surface area contributed by atoms with Gasteiger partial charge in [-0.1, -0.05) is 26.7 Å². The molecule has 18 heavy (non-hydrogen) atoms. The summed E-state index contributed by atoms with van der Waals surface area (Å²) in [5.74, 6) is -0.0399. The zero-order valence-electron chi connectivity index (χ0n) is 11.2. The van der Waals surface area contributed by atoms with Gasteiger partial charge in [-0.15, -0.1) is 0 Å². The second-order valence-corrected chi connectivity index (χ2v) is 7.31. The maximum atomic E-state index is 11.8. The van der Waals surface area contributed by atoms with Crippen molar-refractivity contribution in [1.82, 2.24) is 5.32 Å². The lowest BCUT2D eigenvalue weighted by molar-refractivity contribution is -0.124. The van der Waals surface area contributed by atoms with Crippen molar-refractivity contribution in [2.45, 2.75) is 39.2 Å². The minimum Gasteiger partial charge on any atom is -0.354 e. The fraction of sp³-hybridized carbons (Fsp3) is 0.917.